The molecule has 4 aromatic rings. The van der Waals surface area contributed by atoms with E-state index in [1.54, 1.807) is 36.5 Å². The van der Waals surface area contributed by atoms with Crippen molar-refractivity contribution in [3.63, 3.8) is 0 Å². The minimum absolute atomic E-state index is 0.258. The maximum atomic E-state index is 13.2. The van der Waals surface area contributed by atoms with E-state index >= 15 is 0 Å². The van der Waals surface area contributed by atoms with E-state index < -0.39 is 17.8 Å². The summed E-state index contributed by atoms with van der Waals surface area (Å²) >= 11 is 0. The van der Waals surface area contributed by atoms with Crippen LogP contribution in [0.15, 0.2) is 84.1 Å². The third-order valence-electron chi connectivity index (χ3n) is 4.58. The number of rotatable bonds is 2. The van der Waals surface area contributed by atoms with Crippen LogP contribution >= 0.6 is 7.81 Å². The van der Waals surface area contributed by atoms with Gasteiger partial charge in [0.2, 0.25) is 0 Å². The summed E-state index contributed by atoms with van der Waals surface area (Å²) in [5, 5.41) is 0.812. The zero-order valence-corrected chi connectivity index (χ0v) is 20.1. The van der Waals surface area contributed by atoms with Crippen molar-refractivity contribution in [3.05, 3.63) is 95.9 Å². The zero-order valence-electron chi connectivity index (χ0n) is 18.3. The minimum atomic E-state index is -10.7. The van der Waals surface area contributed by atoms with Gasteiger partial charge in [-0.3, -0.25) is 0 Å². The molecule has 0 aliphatic heterocycles. The van der Waals surface area contributed by atoms with Crippen molar-refractivity contribution in [1.82, 2.24) is 3.97 Å². The van der Waals surface area contributed by atoms with Crippen LogP contribution in [0.25, 0.3) is 10.9 Å². The molecule has 4 rings (SSSR count). The number of fused-ring (bicyclic) bond motifs is 1. The first kappa shape index (κ1) is 26.3. The summed E-state index contributed by atoms with van der Waals surface area (Å²) in [6, 6.07) is 18.1. The van der Waals surface area contributed by atoms with Gasteiger partial charge in [0.05, 0.1) is 16.0 Å². The van der Waals surface area contributed by atoms with Gasteiger partial charge >= 0.3 is 33.0 Å². The predicted molar refractivity (Wildman–Crippen MR) is 123 cm³/mol. The Labute approximate surface area is 197 Å². The molecule has 0 N–H and O–H groups in total. The number of aromatic nitrogens is 2. The Morgan fingerprint density at radius 3 is 1.94 bits per heavy atom. The summed E-state index contributed by atoms with van der Waals surface area (Å²) in [4.78, 5) is 0.258. The van der Waals surface area contributed by atoms with Gasteiger partial charge in [-0.15, -0.1) is 0 Å². The molecule has 0 saturated heterocycles. The van der Waals surface area contributed by atoms with Crippen LogP contribution in [0, 0.1) is 18.8 Å². The topological polar surface area (TPSA) is 43.0 Å². The van der Waals surface area contributed by atoms with E-state index in [9.17, 15) is 33.6 Å². The first-order valence-corrected chi connectivity index (χ1v) is 13.3. The summed E-state index contributed by atoms with van der Waals surface area (Å²) in [6.07, 6.45) is 5.46. The molecule has 0 aliphatic carbocycles. The summed E-state index contributed by atoms with van der Waals surface area (Å²) in [7, 11) is -12.4. The second-order valence-electron chi connectivity index (χ2n) is 7.63. The molecular formula is C23H19F6N2O2PS. The average Bonchev–Trinajstić information content (AvgIpc) is 3.11. The van der Waals surface area contributed by atoms with Crippen LogP contribution in [0.5, 0.6) is 0 Å². The first-order chi connectivity index (χ1) is 15.9. The molecule has 2 aromatic heterocycles. The number of para-hydroxylation sites is 1. The summed E-state index contributed by atoms with van der Waals surface area (Å²) in [5.74, 6) is 6.25. The van der Waals surface area contributed by atoms with Crippen LogP contribution in [-0.2, 0) is 17.1 Å². The van der Waals surface area contributed by atoms with E-state index in [1.807, 2.05) is 61.3 Å². The molecule has 2 heterocycles. The number of hydrogen-bond donors (Lipinski definition) is 0. The van der Waals surface area contributed by atoms with Crippen molar-refractivity contribution >= 4 is 28.7 Å². The van der Waals surface area contributed by atoms with Crippen LogP contribution in [0.1, 0.15) is 16.7 Å². The predicted octanol–water partition coefficient (Wildman–Crippen LogP) is 6.79. The van der Waals surface area contributed by atoms with E-state index in [0.717, 1.165) is 16.5 Å². The third kappa shape index (κ3) is 7.84. The fourth-order valence-corrected chi connectivity index (χ4v) is 4.37. The van der Waals surface area contributed by atoms with Crippen LogP contribution in [0.4, 0.5) is 25.2 Å². The molecule has 0 aliphatic rings. The Morgan fingerprint density at radius 2 is 1.37 bits per heavy atom. The number of aryl methyl sites for hydroxylation is 2. The number of halogens is 6. The van der Waals surface area contributed by atoms with Crippen molar-refractivity contribution in [2.45, 2.75) is 11.8 Å². The van der Waals surface area contributed by atoms with E-state index in [4.69, 9.17) is 0 Å². The molecule has 0 fully saturated rings. The van der Waals surface area contributed by atoms with Gasteiger partial charge in [0, 0.05) is 29.3 Å². The number of pyridine rings is 1. The summed E-state index contributed by atoms with van der Waals surface area (Å²) < 4.78 is 88.8. The van der Waals surface area contributed by atoms with Crippen LogP contribution in [0.2, 0.25) is 0 Å². The van der Waals surface area contributed by atoms with Gasteiger partial charge in [-0.05, 0) is 25.1 Å². The van der Waals surface area contributed by atoms with Crippen LogP contribution in [-0.4, -0.2) is 12.4 Å². The van der Waals surface area contributed by atoms with Gasteiger partial charge in [0.1, 0.15) is 7.05 Å². The molecule has 0 saturated carbocycles. The van der Waals surface area contributed by atoms with Gasteiger partial charge < -0.3 is 0 Å². The van der Waals surface area contributed by atoms with Crippen LogP contribution in [0.3, 0.4) is 0 Å². The maximum absolute atomic E-state index is 13.2. The van der Waals surface area contributed by atoms with Crippen molar-refractivity contribution in [2.24, 2.45) is 7.05 Å². The average molecular weight is 532 g/mol. The second kappa shape index (κ2) is 8.40. The molecule has 0 atom stereocenters. The Morgan fingerprint density at radius 1 is 0.829 bits per heavy atom. The Bertz CT molecular complexity index is 1540. The molecule has 0 amide bonds. The Balaban J connectivity index is 0.000000429. The molecule has 4 nitrogen and oxygen atoms in total. The molecule has 12 heteroatoms. The van der Waals surface area contributed by atoms with Crippen molar-refractivity contribution in [3.8, 4) is 11.8 Å². The Hall–Kier alpha value is -3.35. The number of nitrogens with zero attached hydrogens (tertiary/aromatic N) is 2. The molecule has 186 valence electrons. The first-order valence-electron chi connectivity index (χ1n) is 9.86. The standard InChI is InChI=1S/C23H19N2O2S.F6P/c1-18-7-11-21(12-8-18)28(26,27)25-17-20(22-5-3-4-6-23(22)25)10-9-19-13-15-24(2)16-14-19;1-7(2,3,4,5)6/h3-8,11-17H,1-2H3;/q+1;-1. The van der Waals surface area contributed by atoms with Crippen molar-refractivity contribution < 1.29 is 38.2 Å². The molecule has 2 aromatic carbocycles. The SMILES string of the molecule is Cc1ccc(S(=O)(=O)n2cc(C#Cc3cc[n+](C)cc3)c3ccccc32)cc1.F[P-](F)(F)(F)(F)F. The zero-order chi connectivity index (χ0) is 26.1. The fourth-order valence-electron chi connectivity index (χ4n) is 3.00. The molecule has 0 spiro atoms. The van der Waals surface area contributed by atoms with Crippen molar-refractivity contribution in [1.29, 1.82) is 0 Å². The molecule has 35 heavy (non-hydrogen) atoms. The Kier molecular flexibility index (Phi) is 6.30. The van der Waals surface area contributed by atoms with E-state index in [2.05, 4.69) is 11.8 Å². The quantitative estimate of drug-likeness (QED) is 0.123. The molecule has 0 bridgehead atoms. The van der Waals surface area contributed by atoms with Gasteiger partial charge in [-0.25, -0.2) is 17.0 Å². The number of benzene rings is 2. The second-order valence-corrected chi connectivity index (χ2v) is 11.4. The van der Waals surface area contributed by atoms with Crippen molar-refractivity contribution in [2.75, 3.05) is 0 Å². The third-order valence-corrected chi connectivity index (χ3v) is 6.26. The summed E-state index contributed by atoms with van der Waals surface area (Å²) in [6.45, 7) is 1.93. The van der Waals surface area contributed by atoms with E-state index in [1.165, 1.54) is 3.97 Å². The van der Waals surface area contributed by atoms with Gasteiger partial charge in [0.15, 0.2) is 12.4 Å². The molecular weight excluding hydrogens is 513 g/mol. The molecule has 0 unspecified atom stereocenters. The van der Waals surface area contributed by atoms with E-state index in [0.29, 0.717) is 11.1 Å². The fraction of sp³-hybridized carbons (Fsp3) is 0.0870. The van der Waals surface area contributed by atoms with E-state index in [-0.39, 0.29) is 4.90 Å². The monoisotopic (exact) mass is 532 g/mol. The summed E-state index contributed by atoms with van der Waals surface area (Å²) in [5.41, 5.74) is 3.18. The van der Waals surface area contributed by atoms with Gasteiger partial charge in [0.25, 0.3) is 10.0 Å². The van der Waals surface area contributed by atoms with Crippen LogP contribution < -0.4 is 4.57 Å². The number of hydrogen-bond acceptors (Lipinski definition) is 2. The normalized spacial score (nSPS) is 13.6. The molecule has 0 radical (unpaired) electrons. The van der Waals surface area contributed by atoms with Gasteiger partial charge in [-0.1, -0.05) is 47.7 Å². The van der Waals surface area contributed by atoms with Gasteiger partial charge in [-0.2, -0.15) is 0 Å².